The molecule has 2 atom stereocenters. The molecule has 0 saturated heterocycles. The van der Waals surface area contributed by atoms with E-state index in [-0.39, 0.29) is 11.8 Å². The Labute approximate surface area is 155 Å². The predicted octanol–water partition coefficient (Wildman–Crippen LogP) is 4.00. The lowest BCUT2D eigenvalue weighted by atomic mass is 9.97. The minimum absolute atomic E-state index is 0.119. The highest BCUT2D eigenvalue weighted by molar-refractivity contribution is 5.98. The van der Waals surface area contributed by atoms with Crippen molar-refractivity contribution < 1.29 is 9.59 Å². The van der Waals surface area contributed by atoms with Crippen molar-refractivity contribution in [3.63, 3.8) is 0 Å². The Morgan fingerprint density at radius 3 is 2.46 bits per heavy atom. The smallest absolute Gasteiger partial charge is 0.251 e. The van der Waals surface area contributed by atoms with Crippen LogP contribution in [0.25, 0.3) is 0 Å². The van der Waals surface area contributed by atoms with Crippen molar-refractivity contribution in [1.82, 2.24) is 5.32 Å². The standard InChI is InChI=1S/C21H27N3O2/c1-5-14(2)18-11-6-7-12-19(18)24-20(25)15(3)23-17-10-8-9-16(13-17)21(26)22-4/h6-15,23H,5H2,1-4H3,(H,22,26)(H,24,25)/t14-,15-/m1/s1. The summed E-state index contributed by atoms with van der Waals surface area (Å²) in [6.07, 6.45) is 1.01. The molecule has 0 aliphatic carbocycles. The van der Waals surface area contributed by atoms with Gasteiger partial charge in [-0.05, 0) is 49.1 Å². The molecule has 0 unspecified atom stereocenters. The van der Waals surface area contributed by atoms with Crippen molar-refractivity contribution in [2.45, 2.75) is 39.2 Å². The Morgan fingerprint density at radius 1 is 1.04 bits per heavy atom. The number of carbonyl (C=O) groups excluding carboxylic acids is 2. The molecule has 26 heavy (non-hydrogen) atoms. The van der Waals surface area contributed by atoms with Gasteiger partial charge in [0.25, 0.3) is 5.91 Å². The first-order valence-electron chi connectivity index (χ1n) is 8.94. The third-order valence-corrected chi connectivity index (χ3v) is 4.49. The van der Waals surface area contributed by atoms with Gasteiger partial charge in [0, 0.05) is 24.0 Å². The fourth-order valence-corrected chi connectivity index (χ4v) is 2.71. The summed E-state index contributed by atoms with van der Waals surface area (Å²) in [5, 5.41) is 8.76. The monoisotopic (exact) mass is 353 g/mol. The zero-order valence-electron chi connectivity index (χ0n) is 15.8. The van der Waals surface area contributed by atoms with Gasteiger partial charge in [-0.25, -0.2) is 0 Å². The number of hydrogen-bond acceptors (Lipinski definition) is 3. The van der Waals surface area contributed by atoms with E-state index in [1.807, 2.05) is 24.3 Å². The topological polar surface area (TPSA) is 70.2 Å². The molecule has 0 aliphatic heterocycles. The van der Waals surface area contributed by atoms with Crippen LogP contribution in [0, 0.1) is 0 Å². The van der Waals surface area contributed by atoms with E-state index in [1.165, 1.54) is 0 Å². The van der Waals surface area contributed by atoms with Gasteiger partial charge in [-0.3, -0.25) is 9.59 Å². The van der Waals surface area contributed by atoms with E-state index in [0.717, 1.165) is 23.4 Å². The van der Waals surface area contributed by atoms with E-state index in [9.17, 15) is 9.59 Å². The number of para-hydroxylation sites is 1. The SMILES string of the molecule is CC[C@@H](C)c1ccccc1NC(=O)[C@@H](C)Nc1cccc(C(=O)NC)c1. The van der Waals surface area contributed by atoms with E-state index in [0.29, 0.717) is 11.5 Å². The fourth-order valence-electron chi connectivity index (χ4n) is 2.71. The Kier molecular flexibility index (Phi) is 6.78. The molecule has 2 aromatic carbocycles. The molecule has 0 radical (unpaired) electrons. The maximum atomic E-state index is 12.6. The van der Waals surface area contributed by atoms with E-state index >= 15 is 0 Å². The third kappa shape index (κ3) is 4.85. The van der Waals surface area contributed by atoms with Crippen LogP contribution in [0.5, 0.6) is 0 Å². The molecule has 0 heterocycles. The molecule has 0 spiro atoms. The molecule has 5 nitrogen and oxygen atoms in total. The highest BCUT2D eigenvalue weighted by Gasteiger charge is 2.16. The van der Waals surface area contributed by atoms with Crippen LogP contribution in [0.1, 0.15) is 49.0 Å². The van der Waals surface area contributed by atoms with Crippen molar-refractivity contribution in [1.29, 1.82) is 0 Å². The second kappa shape index (κ2) is 9.04. The lowest BCUT2D eigenvalue weighted by Gasteiger charge is -2.19. The van der Waals surface area contributed by atoms with Crippen LogP contribution in [0.15, 0.2) is 48.5 Å². The van der Waals surface area contributed by atoms with Crippen LogP contribution in [-0.2, 0) is 4.79 Å². The number of hydrogen-bond donors (Lipinski definition) is 3. The average Bonchev–Trinajstić information content (AvgIpc) is 2.67. The van der Waals surface area contributed by atoms with Gasteiger partial charge in [-0.1, -0.05) is 38.1 Å². The molecule has 2 rings (SSSR count). The van der Waals surface area contributed by atoms with Gasteiger partial charge in [0.1, 0.15) is 6.04 Å². The van der Waals surface area contributed by atoms with E-state index < -0.39 is 6.04 Å². The fraction of sp³-hybridized carbons (Fsp3) is 0.333. The zero-order chi connectivity index (χ0) is 19.1. The van der Waals surface area contributed by atoms with E-state index in [2.05, 4.69) is 35.9 Å². The predicted molar refractivity (Wildman–Crippen MR) is 107 cm³/mol. The summed E-state index contributed by atoms with van der Waals surface area (Å²) in [6.45, 7) is 6.08. The summed E-state index contributed by atoms with van der Waals surface area (Å²) >= 11 is 0. The first-order valence-corrected chi connectivity index (χ1v) is 8.94. The van der Waals surface area contributed by atoms with Crippen molar-refractivity contribution >= 4 is 23.2 Å². The largest absolute Gasteiger partial charge is 0.374 e. The van der Waals surface area contributed by atoms with Crippen LogP contribution in [0.3, 0.4) is 0 Å². The molecule has 138 valence electrons. The van der Waals surface area contributed by atoms with Gasteiger partial charge in [0.05, 0.1) is 0 Å². The van der Waals surface area contributed by atoms with Crippen LogP contribution >= 0.6 is 0 Å². The Bertz CT molecular complexity index is 773. The third-order valence-electron chi connectivity index (χ3n) is 4.49. The molecule has 0 saturated carbocycles. The van der Waals surface area contributed by atoms with Crippen LogP contribution in [0.2, 0.25) is 0 Å². The molecule has 0 aromatic heterocycles. The van der Waals surface area contributed by atoms with Gasteiger partial charge in [-0.15, -0.1) is 0 Å². The maximum absolute atomic E-state index is 12.6. The summed E-state index contributed by atoms with van der Waals surface area (Å²) < 4.78 is 0. The minimum Gasteiger partial charge on any atom is -0.374 e. The first-order chi connectivity index (χ1) is 12.5. The number of carbonyl (C=O) groups is 2. The number of benzene rings is 2. The van der Waals surface area contributed by atoms with Gasteiger partial charge < -0.3 is 16.0 Å². The molecule has 0 fully saturated rings. The second-order valence-corrected chi connectivity index (χ2v) is 6.41. The number of anilines is 2. The molecule has 0 bridgehead atoms. The van der Waals surface area contributed by atoms with Gasteiger partial charge in [0.15, 0.2) is 0 Å². The maximum Gasteiger partial charge on any atom is 0.251 e. The molecular formula is C21H27N3O2. The van der Waals surface area contributed by atoms with Gasteiger partial charge >= 0.3 is 0 Å². The highest BCUT2D eigenvalue weighted by Crippen LogP contribution is 2.26. The van der Waals surface area contributed by atoms with Crippen molar-refractivity contribution in [3.05, 3.63) is 59.7 Å². The molecule has 2 amide bonds. The summed E-state index contributed by atoms with van der Waals surface area (Å²) in [5.41, 5.74) is 3.26. The van der Waals surface area contributed by atoms with Crippen LogP contribution < -0.4 is 16.0 Å². The summed E-state index contributed by atoms with van der Waals surface area (Å²) in [7, 11) is 1.59. The van der Waals surface area contributed by atoms with Crippen molar-refractivity contribution in [2.75, 3.05) is 17.7 Å². The molecule has 2 aromatic rings. The molecule has 5 heteroatoms. The summed E-state index contributed by atoms with van der Waals surface area (Å²) in [4.78, 5) is 24.3. The van der Waals surface area contributed by atoms with Crippen molar-refractivity contribution in [2.24, 2.45) is 0 Å². The van der Waals surface area contributed by atoms with Crippen LogP contribution in [-0.4, -0.2) is 24.9 Å². The number of rotatable bonds is 7. The quantitative estimate of drug-likeness (QED) is 0.705. The average molecular weight is 353 g/mol. The van der Waals surface area contributed by atoms with Gasteiger partial charge in [0.2, 0.25) is 5.91 Å². The molecule has 3 N–H and O–H groups in total. The van der Waals surface area contributed by atoms with E-state index in [1.54, 1.807) is 32.2 Å². The normalized spacial score (nSPS) is 12.8. The molecule has 0 aliphatic rings. The summed E-state index contributed by atoms with van der Waals surface area (Å²) in [6, 6.07) is 14.5. The Morgan fingerprint density at radius 2 is 1.77 bits per heavy atom. The lowest BCUT2D eigenvalue weighted by Crippen LogP contribution is -2.32. The lowest BCUT2D eigenvalue weighted by molar-refractivity contribution is -0.116. The van der Waals surface area contributed by atoms with Gasteiger partial charge in [-0.2, -0.15) is 0 Å². The second-order valence-electron chi connectivity index (χ2n) is 6.41. The van der Waals surface area contributed by atoms with E-state index in [4.69, 9.17) is 0 Å². The summed E-state index contributed by atoms with van der Waals surface area (Å²) in [5.74, 6) is 0.0957. The first kappa shape index (κ1) is 19.5. The Balaban J connectivity index is 2.08. The van der Waals surface area contributed by atoms with Crippen LogP contribution in [0.4, 0.5) is 11.4 Å². The highest BCUT2D eigenvalue weighted by atomic mass is 16.2. The molecular weight excluding hydrogens is 326 g/mol. The van der Waals surface area contributed by atoms with Crippen molar-refractivity contribution in [3.8, 4) is 0 Å². The Hall–Kier alpha value is -2.82. The zero-order valence-corrected chi connectivity index (χ0v) is 15.8. The number of nitrogens with one attached hydrogen (secondary N) is 3. The minimum atomic E-state index is -0.445. The number of amides is 2.